The molecule has 0 radical (unpaired) electrons. The highest BCUT2D eigenvalue weighted by atomic mass is 16.5. The lowest BCUT2D eigenvalue weighted by molar-refractivity contribution is -0.148. The number of ether oxygens (including phenoxy) is 1. The fourth-order valence-corrected chi connectivity index (χ4v) is 1.72. The Bertz CT molecular complexity index is 580. The molecule has 1 aliphatic heterocycles. The van der Waals surface area contributed by atoms with Crippen molar-refractivity contribution in [3.05, 3.63) is 23.8 Å². The Morgan fingerprint density at radius 1 is 1.32 bits per heavy atom. The second kappa shape index (κ2) is 4.42. The van der Waals surface area contributed by atoms with Crippen molar-refractivity contribution in [2.75, 3.05) is 7.05 Å². The van der Waals surface area contributed by atoms with Crippen molar-refractivity contribution in [1.29, 1.82) is 0 Å². The minimum absolute atomic E-state index is 0.116. The van der Waals surface area contributed by atoms with Gasteiger partial charge >= 0.3 is 0 Å². The maximum Gasteiger partial charge on any atom is 0.286 e. The maximum absolute atomic E-state index is 11.8. The average Bonchev–Trinajstić information content (AvgIpc) is 2.35. The highest BCUT2D eigenvalue weighted by molar-refractivity contribution is 6.06. The van der Waals surface area contributed by atoms with Gasteiger partial charge in [-0.05, 0) is 13.8 Å². The molecule has 1 amide bonds. The highest BCUT2D eigenvalue weighted by Gasteiger charge is 2.39. The number of hydrazone groups is 1. The monoisotopic (exact) mass is 262 g/mol. The zero-order valence-electron chi connectivity index (χ0n) is 11.2. The number of carbonyl (C=O) groups is 2. The number of ketones is 1. The summed E-state index contributed by atoms with van der Waals surface area (Å²) in [5, 5.41) is 5.17. The van der Waals surface area contributed by atoms with Gasteiger partial charge < -0.3 is 4.74 Å². The number of aromatic nitrogens is 2. The summed E-state index contributed by atoms with van der Waals surface area (Å²) >= 11 is 0. The molecular formula is C12H14N4O3. The van der Waals surface area contributed by atoms with Crippen LogP contribution in [0.1, 0.15) is 37.0 Å². The van der Waals surface area contributed by atoms with Crippen LogP contribution in [0.4, 0.5) is 0 Å². The second-order valence-corrected chi connectivity index (χ2v) is 4.66. The molecule has 0 fully saturated rings. The van der Waals surface area contributed by atoms with E-state index >= 15 is 0 Å². The van der Waals surface area contributed by atoms with E-state index < -0.39 is 5.60 Å². The molecule has 1 aromatic heterocycles. The van der Waals surface area contributed by atoms with Gasteiger partial charge in [0.15, 0.2) is 17.1 Å². The van der Waals surface area contributed by atoms with Crippen LogP contribution in [0.25, 0.3) is 0 Å². The predicted molar refractivity (Wildman–Crippen MR) is 66.5 cm³/mol. The normalized spacial score (nSPS) is 17.8. The number of hydrogen-bond donors (Lipinski definition) is 0. The van der Waals surface area contributed by atoms with Gasteiger partial charge in [-0.3, -0.25) is 9.59 Å². The molecule has 0 saturated carbocycles. The van der Waals surface area contributed by atoms with E-state index in [9.17, 15) is 9.59 Å². The molecule has 100 valence electrons. The number of hydrogen-bond acceptors (Lipinski definition) is 6. The summed E-state index contributed by atoms with van der Waals surface area (Å²) in [4.78, 5) is 31.4. The van der Waals surface area contributed by atoms with Crippen LogP contribution >= 0.6 is 0 Å². The first-order chi connectivity index (χ1) is 8.83. The SMILES string of the molecule is CC(=O)c1nccnc1C1=NN(C)C(=O)C(C)(C)O1. The molecule has 0 atom stereocenters. The van der Waals surface area contributed by atoms with Crippen molar-refractivity contribution in [3.8, 4) is 0 Å². The summed E-state index contributed by atoms with van der Waals surface area (Å²) in [6.45, 7) is 4.64. The minimum atomic E-state index is -1.06. The van der Waals surface area contributed by atoms with Crippen molar-refractivity contribution < 1.29 is 14.3 Å². The van der Waals surface area contributed by atoms with Crippen LogP contribution in [0.5, 0.6) is 0 Å². The zero-order valence-corrected chi connectivity index (χ0v) is 11.2. The molecule has 0 bridgehead atoms. The van der Waals surface area contributed by atoms with Crippen molar-refractivity contribution >= 4 is 17.6 Å². The first-order valence-electron chi connectivity index (χ1n) is 5.71. The summed E-state index contributed by atoms with van der Waals surface area (Å²) in [5.74, 6) is -0.401. The van der Waals surface area contributed by atoms with E-state index in [0.29, 0.717) is 0 Å². The fraction of sp³-hybridized carbons (Fsp3) is 0.417. The van der Waals surface area contributed by atoms with Crippen LogP contribution in [0, 0.1) is 0 Å². The van der Waals surface area contributed by atoms with Gasteiger partial charge in [0.1, 0.15) is 5.69 Å². The van der Waals surface area contributed by atoms with Crippen LogP contribution in [-0.4, -0.2) is 45.2 Å². The molecule has 0 aliphatic carbocycles. The molecule has 1 aromatic rings. The standard InChI is InChI=1S/C12H14N4O3/c1-7(17)8-9(14-6-5-13-8)10-15-16(4)11(18)12(2,3)19-10/h5-6H,1-4H3. The van der Waals surface area contributed by atoms with E-state index in [1.54, 1.807) is 13.8 Å². The molecule has 2 heterocycles. The fourth-order valence-electron chi connectivity index (χ4n) is 1.72. The predicted octanol–water partition coefficient (Wildman–Crippen LogP) is 0.608. The number of amides is 1. The topological polar surface area (TPSA) is 84.8 Å². The van der Waals surface area contributed by atoms with E-state index in [4.69, 9.17) is 4.74 Å². The smallest absolute Gasteiger partial charge is 0.286 e. The van der Waals surface area contributed by atoms with Gasteiger partial charge in [-0.2, -0.15) is 0 Å². The number of Topliss-reactive ketones (excluding diaryl/α,β-unsaturated/α-hetero) is 1. The third-order valence-electron chi connectivity index (χ3n) is 2.64. The zero-order chi connectivity index (χ0) is 14.2. The van der Waals surface area contributed by atoms with Gasteiger partial charge in [-0.15, -0.1) is 5.10 Å². The Balaban J connectivity index is 2.52. The number of rotatable bonds is 2. The van der Waals surface area contributed by atoms with E-state index in [-0.39, 0.29) is 29.0 Å². The molecule has 7 heteroatoms. The number of nitrogens with zero attached hydrogens (tertiary/aromatic N) is 4. The Hall–Kier alpha value is -2.31. The van der Waals surface area contributed by atoms with Crippen molar-refractivity contribution in [1.82, 2.24) is 15.0 Å². The lowest BCUT2D eigenvalue weighted by atomic mass is 10.1. The van der Waals surface area contributed by atoms with Gasteiger partial charge in [0, 0.05) is 26.4 Å². The molecule has 7 nitrogen and oxygen atoms in total. The van der Waals surface area contributed by atoms with Gasteiger partial charge in [0.05, 0.1) is 0 Å². The Morgan fingerprint density at radius 3 is 2.53 bits per heavy atom. The van der Waals surface area contributed by atoms with Crippen LogP contribution in [-0.2, 0) is 9.53 Å². The van der Waals surface area contributed by atoms with Gasteiger partial charge in [-0.1, -0.05) is 0 Å². The largest absolute Gasteiger partial charge is 0.459 e. The summed E-state index contributed by atoms with van der Waals surface area (Å²) in [6, 6.07) is 0. The van der Waals surface area contributed by atoms with Crippen LogP contribution < -0.4 is 0 Å². The second-order valence-electron chi connectivity index (χ2n) is 4.66. The lowest BCUT2D eigenvalue weighted by Gasteiger charge is -2.32. The Morgan fingerprint density at radius 2 is 1.95 bits per heavy atom. The van der Waals surface area contributed by atoms with Crippen LogP contribution in [0.3, 0.4) is 0 Å². The number of likely N-dealkylation sites (N-methyl/N-ethyl adjacent to an activating group) is 1. The van der Waals surface area contributed by atoms with Crippen LogP contribution in [0.2, 0.25) is 0 Å². The lowest BCUT2D eigenvalue weighted by Crippen LogP contribution is -2.49. The van der Waals surface area contributed by atoms with E-state index in [1.165, 1.54) is 31.4 Å². The Kier molecular flexibility index (Phi) is 3.05. The van der Waals surface area contributed by atoms with Gasteiger partial charge in [0.25, 0.3) is 11.8 Å². The molecule has 0 saturated heterocycles. The summed E-state index contributed by atoms with van der Waals surface area (Å²) in [6.07, 6.45) is 2.86. The quantitative estimate of drug-likeness (QED) is 0.729. The molecule has 2 rings (SSSR count). The minimum Gasteiger partial charge on any atom is -0.459 e. The first kappa shape index (κ1) is 13.1. The average molecular weight is 262 g/mol. The summed E-state index contributed by atoms with van der Waals surface area (Å²) in [5.41, 5.74) is -0.653. The third-order valence-corrected chi connectivity index (χ3v) is 2.64. The Labute approximate surface area is 110 Å². The van der Waals surface area contributed by atoms with Crippen LogP contribution in [0.15, 0.2) is 17.5 Å². The highest BCUT2D eigenvalue weighted by Crippen LogP contribution is 2.21. The molecule has 0 spiro atoms. The molecule has 1 aliphatic rings. The van der Waals surface area contributed by atoms with Crippen molar-refractivity contribution in [2.45, 2.75) is 26.4 Å². The summed E-state index contributed by atoms with van der Waals surface area (Å²) in [7, 11) is 1.52. The van der Waals surface area contributed by atoms with Crippen molar-refractivity contribution in [2.24, 2.45) is 5.10 Å². The van der Waals surface area contributed by atoms with Gasteiger partial charge in [0.2, 0.25) is 0 Å². The number of carbonyl (C=O) groups excluding carboxylic acids is 2. The molecular weight excluding hydrogens is 248 g/mol. The van der Waals surface area contributed by atoms with Gasteiger partial charge in [-0.25, -0.2) is 15.0 Å². The van der Waals surface area contributed by atoms with E-state index in [0.717, 1.165) is 0 Å². The van der Waals surface area contributed by atoms with E-state index in [2.05, 4.69) is 15.1 Å². The molecule has 0 aromatic carbocycles. The first-order valence-corrected chi connectivity index (χ1v) is 5.71. The summed E-state index contributed by atoms with van der Waals surface area (Å²) < 4.78 is 5.54. The maximum atomic E-state index is 11.8. The molecule has 0 unspecified atom stereocenters. The molecule has 19 heavy (non-hydrogen) atoms. The third kappa shape index (κ3) is 2.31. The van der Waals surface area contributed by atoms with E-state index in [1.807, 2.05) is 0 Å². The van der Waals surface area contributed by atoms with Crippen molar-refractivity contribution in [3.63, 3.8) is 0 Å². The molecule has 0 N–H and O–H groups in total.